The van der Waals surface area contributed by atoms with Crippen LogP contribution in [0.2, 0.25) is 0 Å². The van der Waals surface area contributed by atoms with E-state index >= 15 is 0 Å². The Labute approximate surface area is 120 Å². The van der Waals surface area contributed by atoms with Crippen LogP contribution >= 0.6 is 0 Å². The van der Waals surface area contributed by atoms with E-state index in [0.29, 0.717) is 18.3 Å². The lowest BCUT2D eigenvalue weighted by molar-refractivity contribution is 0.0595. The number of rotatable bonds is 7. The van der Waals surface area contributed by atoms with Crippen molar-refractivity contribution in [3.05, 3.63) is 11.9 Å². The third-order valence-electron chi connectivity index (χ3n) is 3.23. The summed E-state index contributed by atoms with van der Waals surface area (Å²) in [6, 6.07) is 1.94. The van der Waals surface area contributed by atoms with Crippen molar-refractivity contribution in [3.63, 3.8) is 0 Å². The molecule has 2 rings (SSSR count). The Morgan fingerprint density at radius 1 is 1.35 bits per heavy atom. The van der Waals surface area contributed by atoms with Gasteiger partial charge in [0.2, 0.25) is 0 Å². The lowest BCUT2D eigenvalue weighted by atomic mass is 10.0. The zero-order valence-electron chi connectivity index (χ0n) is 12.3. The molecule has 112 valence electrons. The highest BCUT2D eigenvalue weighted by molar-refractivity contribution is 5.47. The van der Waals surface area contributed by atoms with Crippen molar-refractivity contribution in [1.29, 1.82) is 0 Å². The molecule has 0 aliphatic carbocycles. The second kappa shape index (κ2) is 8.01. The molecule has 6 heteroatoms. The van der Waals surface area contributed by atoms with Crippen molar-refractivity contribution in [2.45, 2.75) is 26.4 Å². The summed E-state index contributed by atoms with van der Waals surface area (Å²) in [6.45, 7) is 5.91. The van der Waals surface area contributed by atoms with Gasteiger partial charge in [-0.1, -0.05) is 0 Å². The van der Waals surface area contributed by atoms with Crippen LogP contribution in [0.3, 0.4) is 0 Å². The Morgan fingerprint density at radius 2 is 2.15 bits per heavy atom. The van der Waals surface area contributed by atoms with E-state index in [1.165, 1.54) is 6.42 Å². The molecule has 0 radical (unpaired) electrons. The zero-order chi connectivity index (χ0) is 14.2. The number of ether oxygens (including phenoxy) is 2. The van der Waals surface area contributed by atoms with Gasteiger partial charge in [0, 0.05) is 32.9 Å². The maximum absolute atomic E-state index is 5.49. The van der Waals surface area contributed by atoms with Gasteiger partial charge in [0.05, 0.1) is 6.61 Å². The molecule has 0 aromatic carbocycles. The van der Waals surface area contributed by atoms with Crippen LogP contribution in [-0.4, -0.2) is 43.4 Å². The van der Waals surface area contributed by atoms with Gasteiger partial charge in [0.15, 0.2) is 5.82 Å². The van der Waals surface area contributed by atoms with Crippen LogP contribution < -0.4 is 10.6 Å². The number of nitrogens with zero attached hydrogens (tertiary/aromatic N) is 2. The van der Waals surface area contributed by atoms with Crippen molar-refractivity contribution in [1.82, 2.24) is 9.97 Å². The highest BCUT2D eigenvalue weighted by Crippen LogP contribution is 2.16. The average Bonchev–Trinajstić information content (AvgIpc) is 2.47. The Bertz CT molecular complexity index is 384. The van der Waals surface area contributed by atoms with Crippen molar-refractivity contribution < 1.29 is 9.47 Å². The van der Waals surface area contributed by atoms with Crippen molar-refractivity contribution in [2.75, 3.05) is 44.0 Å². The molecule has 0 amide bonds. The van der Waals surface area contributed by atoms with E-state index in [2.05, 4.69) is 20.6 Å². The van der Waals surface area contributed by atoms with Gasteiger partial charge in [-0.2, -0.15) is 0 Å². The SMILES string of the molecule is CCNc1cc(NCC2CCCOC2)nc(COC)n1. The molecule has 1 fully saturated rings. The van der Waals surface area contributed by atoms with E-state index in [4.69, 9.17) is 9.47 Å². The van der Waals surface area contributed by atoms with Crippen molar-refractivity contribution in [3.8, 4) is 0 Å². The summed E-state index contributed by atoms with van der Waals surface area (Å²) < 4.78 is 10.6. The predicted molar refractivity (Wildman–Crippen MR) is 78.9 cm³/mol. The second-order valence-electron chi connectivity index (χ2n) is 4.98. The number of hydrogen-bond donors (Lipinski definition) is 2. The summed E-state index contributed by atoms with van der Waals surface area (Å²) in [4.78, 5) is 8.86. The first kappa shape index (κ1) is 15.0. The Balaban J connectivity index is 1.97. The van der Waals surface area contributed by atoms with Gasteiger partial charge in [-0.25, -0.2) is 9.97 Å². The summed E-state index contributed by atoms with van der Waals surface area (Å²) in [5, 5.41) is 6.60. The maximum atomic E-state index is 5.49. The molecule has 1 aromatic rings. The number of anilines is 2. The van der Waals surface area contributed by atoms with E-state index in [-0.39, 0.29) is 0 Å². The Morgan fingerprint density at radius 3 is 2.80 bits per heavy atom. The Kier molecular flexibility index (Phi) is 6.01. The van der Waals surface area contributed by atoms with E-state index < -0.39 is 0 Å². The fourth-order valence-corrected chi connectivity index (χ4v) is 2.27. The van der Waals surface area contributed by atoms with Gasteiger partial charge >= 0.3 is 0 Å². The van der Waals surface area contributed by atoms with Gasteiger partial charge in [-0.15, -0.1) is 0 Å². The Hall–Kier alpha value is -1.40. The topological polar surface area (TPSA) is 68.3 Å². The van der Waals surface area contributed by atoms with Crippen LogP contribution in [0.15, 0.2) is 6.07 Å². The highest BCUT2D eigenvalue weighted by atomic mass is 16.5. The van der Waals surface area contributed by atoms with Crippen LogP contribution in [0.5, 0.6) is 0 Å². The van der Waals surface area contributed by atoms with E-state index in [0.717, 1.165) is 44.4 Å². The molecule has 1 unspecified atom stereocenters. The largest absolute Gasteiger partial charge is 0.381 e. The van der Waals surface area contributed by atoms with Gasteiger partial charge in [0.25, 0.3) is 0 Å². The lowest BCUT2D eigenvalue weighted by Crippen LogP contribution is -2.24. The molecule has 1 aromatic heterocycles. The van der Waals surface area contributed by atoms with Crippen LogP contribution in [-0.2, 0) is 16.1 Å². The van der Waals surface area contributed by atoms with E-state index in [9.17, 15) is 0 Å². The lowest BCUT2D eigenvalue weighted by Gasteiger charge is -2.22. The quantitative estimate of drug-likeness (QED) is 0.795. The maximum Gasteiger partial charge on any atom is 0.158 e. The number of methoxy groups -OCH3 is 1. The molecule has 0 bridgehead atoms. The third-order valence-corrected chi connectivity index (χ3v) is 3.23. The van der Waals surface area contributed by atoms with Crippen LogP contribution in [0.25, 0.3) is 0 Å². The number of nitrogens with one attached hydrogen (secondary N) is 2. The molecule has 1 aliphatic heterocycles. The molecule has 1 aliphatic rings. The molecular weight excluding hydrogens is 256 g/mol. The first-order valence-electron chi connectivity index (χ1n) is 7.24. The normalized spacial score (nSPS) is 18.8. The predicted octanol–water partition coefficient (Wildman–Crippen LogP) is 1.89. The molecule has 2 N–H and O–H groups in total. The summed E-state index contributed by atoms with van der Waals surface area (Å²) in [5.41, 5.74) is 0. The fourth-order valence-electron chi connectivity index (χ4n) is 2.27. The van der Waals surface area contributed by atoms with Gasteiger partial charge in [0.1, 0.15) is 18.2 Å². The average molecular weight is 280 g/mol. The molecule has 1 saturated heterocycles. The standard InChI is InChI=1S/C14H24N4O2/c1-3-15-12-7-13(18-14(17-12)10-19-2)16-8-11-5-4-6-20-9-11/h7,11H,3-6,8-10H2,1-2H3,(H2,15,16,17,18). The summed E-state index contributed by atoms with van der Waals surface area (Å²) in [5.74, 6) is 2.92. The zero-order valence-corrected chi connectivity index (χ0v) is 12.3. The first-order valence-corrected chi connectivity index (χ1v) is 7.24. The van der Waals surface area contributed by atoms with E-state index in [1.54, 1.807) is 7.11 Å². The third kappa shape index (κ3) is 4.61. The monoisotopic (exact) mass is 280 g/mol. The highest BCUT2D eigenvalue weighted by Gasteiger charge is 2.14. The molecule has 1 atom stereocenters. The minimum atomic E-state index is 0.417. The second-order valence-corrected chi connectivity index (χ2v) is 4.98. The van der Waals surface area contributed by atoms with E-state index in [1.807, 2.05) is 13.0 Å². The number of aromatic nitrogens is 2. The smallest absolute Gasteiger partial charge is 0.158 e. The molecule has 20 heavy (non-hydrogen) atoms. The van der Waals surface area contributed by atoms with Crippen LogP contribution in [0.4, 0.5) is 11.6 Å². The summed E-state index contributed by atoms with van der Waals surface area (Å²) in [6.07, 6.45) is 2.36. The molecule has 6 nitrogen and oxygen atoms in total. The minimum absolute atomic E-state index is 0.417. The molecule has 0 saturated carbocycles. The van der Waals surface area contributed by atoms with Crippen LogP contribution in [0.1, 0.15) is 25.6 Å². The molecule has 0 spiro atoms. The molecule has 2 heterocycles. The summed E-state index contributed by atoms with van der Waals surface area (Å²) >= 11 is 0. The first-order chi connectivity index (χ1) is 9.81. The van der Waals surface area contributed by atoms with Crippen molar-refractivity contribution in [2.24, 2.45) is 5.92 Å². The fraction of sp³-hybridized carbons (Fsp3) is 0.714. The summed E-state index contributed by atoms with van der Waals surface area (Å²) in [7, 11) is 1.65. The van der Waals surface area contributed by atoms with Gasteiger partial charge in [-0.05, 0) is 25.7 Å². The minimum Gasteiger partial charge on any atom is -0.381 e. The molecular formula is C14H24N4O2. The van der Waals surface area contributed by atoms with Gasteiger partial charge < -0.3 is 20.1 Å². The number of hydrogen-bond acceptors (Lipinski definition) is 6. The van der Waals surface area contributed by atoms with Crippen LogP contribution in [0, 0.1) is 5.92 Å². The van der Waals surface area contributed by atoms with Gasteiger partial charge in [-0.3, -0.25) is 0 Å². The van der Waals surface area contributed by atoms with Crippen molar-refractivity contribution >= 4 is 11.6 Å².